The molecule has 1 saturated carbocycles. The molecule has 0 aliphatic heterocycles. The first-order valence-electron chi connectivity index (χ1n) is 12.5. The van der Waals surface area contributed by atoms with E-state index in [0.29, 0.717) is 36.5 Å². The molecule has 0 heterocycles. The number of halogens is 6. The van der Waals surface area contributed by atoms with Gasteiger partial charge in [-0.15, -0.1) is 0 Å². The number of hydrogen-bond donors (Lipinski definition) is 1. The number of esters is 1. The Balaban J connectivity index is 1.96. The van der Waals surface area contributed by atoms with Crippen LogP contribution in [-0.2, 0) is 23.6 Å². The molecule has 1 aliphatic rings. The first kappa shape index (κ1) is 30.3. The molecule has 1 N–H and O–H groups in total. The number of carbonyl (C=O) groups is 2. The van der Waals surface area contributed by atoms with Gasteiger partial charge in [-0.2, -0.15) is 26.3 Å². The zero-order valence-electron chi connectivity index (χ0n) is 22.2. The van der Waals surface area contributed by atoms with Crippen molar-refractivity contribution in [3.8, 4) is 0 Å². The Bertz CT molecular complexity index is 1160. The second-order valence-corrected chi connectivity index (χ2v) is 10.9. The first-order valence-corrected chi connectivity index (χ1v) is 12.5. The normalized spacial score (nSPS) is 18.4. The van der Waals surface area contributed by atoms with E-state index >= 15 is 0 Å². The second kappa shape index (κ2) is 11.5. The number of methoxy groups -OCH3 is 1. The summed E-state index contributed by atoms with van der Waals surface area (Å²) in [6, 6.07) is 5.75. The molecular weight excluding hydrogens is 526 g/mol. The highest BCUT2D eigenvalue weighted by Crippen LogP contribution is 2.42. The quantitative estimate of drug-likeness (QED) is 0.301. The lowest BCUT2D eigenvalue weighted by Gasteiger charge is -2.38. The molecule has 0 unspecified atom stereocenters. The predicted octanol–water partition coefficient (Wildman–Crippen LogP) is 7.83. The van der Waals surface area contributed by atoms with Crippen molar-refractivity contribution in [2.75, 3.05) is 12.0 Å². The first-order chi connectivity index (χ1) is 18.0. The molecule has 3 rings (SSSR count). The van der Waals surface area contributed by atoms with Crippen LogP contribution in [0.15, 0.2) is 42.5 Å². The molecule has 39 heavy (non-hydrogen) atoms. The highest BCUT2D eigenvalue weighted by molar-refractivity contribution is 5.93. The second-order valence-electron chi connectivity index (χ2n) is 10.9. The average molecular weight is 559 g/mol. The number of ether oxygens (including phenoxy) is 1. The van der Waals surface area contributed by atoms with Gasteiger partial charge in [-0.3, -0.25) is 4.90 Å². The molecule has 11 heteroatoms. The molecule has 214 valence electrons. The summed E-state index contributed by atoms with van der Waals surface area (Å²) in [5.74, 6) is -0.189. The summed E-state index contributed by atoms with van der Waals surface area (Å²) in [6.07, 6.45) is -7.23. The third-order valence-electron chi connectivity index (χ3n) is 7.16. The number of alkyl halides is 6. The van der Waals surface area contributed by atoms with E-state index in [1.54, 1.807) is 0 Å². The van der Waals surface area contributed by atoms with Crippen LogP contribution in [0.5, 0.6) is 0 Å². The maximum atomic E-state index is 14.0. The molecular formula is C28H32F6N2O3. The molecule has 2 aromatic rings. The molecule has 0 aromatic heterocycles. The largest absolute Gasteiger partial charge is 0.465 e. The van der Waals surface area contributed by atoms with Crippen LogP contribution in [-0.4, -0.2) is 25.2 Å². The van der Waals surface area contributed by atoms with Crippen molar-refractivity contribution in [3.05, 3.63) is 64.7 Å². The van der Waals surface area contributed by atoms with Gasteiger partial charge >= 0.3 is 24.4 Å². The molecule has 0 radical (unpaired) electrons. The Labute approximate surface area is 223 Å². The van der Waals surface area contributed by atoms with Crippen molar-refractivity contribution in [1.29, 1.82) is 0 Å². The third-order valence-corrected chi connectivity index (χ3v) is 7.16. The van der Waals surface area contributed by atoms with Crippen LogP contribution in [0, 0.1) is 11.3 Å². The number of carbonyl (C=O) groups excluding carboxylic acids is 2. The lowest BCUT2D eigenvalue weighted by Crippen LogP contribution is -2.47. The van der Waals surface area contributed by atoms with Gasteiger partial charge in [0.25, 0.3) is 0 Å². The average Bonchev–Trinajstić information content (AvgIpc) is 2.85. The smallest absolute Gasteiger partial charge is 0.418 e. The summed E-state index contributed by atoms with van der Waals surface area (Å²) in [4.78, 5) is 26.0. The summed E-state index contributed by atoms with van der Waals surface area (Å²) in [5, 5.41) is 2.80. The number of amides is 2. The Morgan fingerprint density at radius 3 is 1.97 bits per heavy atom. The van der Waals surface area contributed by atoms with Gasteiger partial charge < -0.3 is 10.1 Å². The van der Waals surface area contributed by atoms with Crippen LogP contribution >= 0.6 is 0 Å². The zero-order chi connectivity index (χ0) is 29.2. The monoisotopic (exact) mass is 558 g/mol. The fourth-order valence-corrected chi connectivity index (χ4v) is 4.84. The summed E-state index contributed by atoms with van der Waals surface area (Å²) < 4.78 is 86.4. The Morgan fingerprint density at radius 2 is 1.49 bits per heavy atom. The molecule has 1 fully saturated rings. The van der Waals surface area contributed by atoms with Gasteiger partial charge in [-0.05, 0) is 72.9 Å². The maximum absolute atomic E-state index is 14.0. The Morgan fingerprint density at radius 1 is 0.897 bits per heavy atom. The molecule has 2 aromatic carbocycles. The maximum Gasteiger partial charge on any atom is 0.418 e. The SMILES string of the molecule is COC(=O)c1ccc(CN(C(=O)NC2CCC(C(C)(C)C)CC2)c2ccc(C(F)(F)F)cc2C(F)(F)F)cc1. The summed E-state index contributed by atoms with van der Waals surface area (Å²) in [6.45, 7) is 6.02. The van der Waals surface area contributed by atoms with E-state index in [1.807, 2.05) is 0 Å². The highest BCUT2D eigenvalue weighted by atomic mass is 19.4. The van der Waals surface area contributed by atoms with E-state index in [4.69, 9.17) is 0 Å². The van der Waals surface area contributed by atoms with Crippen molar-refractivity contribution in [1.82, 2.24) is 5.32 Å². The summed E-state index contributed by atoms with van der Waals surface area (Å²) >= 11 is 0. The van der Waals surface area contributed by atoms with Gasteiger partial charge in [0.15, 0.2) is 0 Å². The molecule has 0 saturated heterocycles. The van der Waals surface area contributed by atoms with Crippen molar-refractivity contribution < 1.29 is 40.7 Å². The molecule has 0 atom stereocenters. The van der Waals surface area contributed by atoms with Crippen LogP contribution in [0.1, 0.15) is 73.5 Å². The predicted molar refractivity (Wildman–Crippen MR) is 134 cm³/mol. The number of rotatable bonds is 5. The number of hydrogen-bond acceptors (Lipinski definition) is 3. The van der Waals surface area contributed by atoms with Gasteiger partial charge in [0, 0.05) is 6.04 Å². The number of benzene rings is 2. The summed E-state index contributed by atoms with van der Waals surface area (Å²) in [5.41, 5.74) is -3.11. The van der Waals surface area contributed by atoms with Gasteiger partial charge in [0.2, 0.25) is 0 Å². The van der Waals surface area contributed by atoms with Crippen molar-refractivity contribution in [2.24, 2.45) is 11.3 Å². The fourth-order valence-electron chi connectivity index (χ4n) is 4.84. The van der Waals surface area contributed by atoms with Gasteiger partial charge in [0.05, 0.1) is 36.0 Å². The van der Waals surface area contributed by atoms with Gasteiger partial charge in [0.1, 0.15) is 0 Å². The lowest BCUT2D eigenvalue weighted by atomic mass is 9.71. The number of nitrogens with one attached hydrogen (secondary N) is 1. The van der Waals surface area contributed by atoms with E-state index in [2.05, 4.69) is 30.8 Å². The van der Waals surface area contributed by atoms with E-state index < -0.39 is 41.2 Å². The van der Waals surface area contributed by atoms with E-state index in [0.717, 1.165) is 17.7 Å². The van der Waals surface area contributed by atoms with E-state index in [1.165, 1.54) is 31.4 Å². The molecule has 1 aliphatic carbocycles. The Hall–Kier alpha value is -3.24. The van der Waals surface area contributed by atoms with E-state index in [9.17, 15) is 35.9 Å². The van der Waals surface area contributed by atoms with Crippen LogP contribution < -0.4 is 10.2 Å². The molecule has 2 amide bonds. The highest BCUT2D eigenvalue weighted by Gasteiger charge is 2.40. The topological polar surface area (TPSA) is 58.6 Å². The molecule has 0 bridgehead atoms. The zero-order valence-corrected chi connectivity index (χ0v) is 22.2. The fraction of sp³-hybridized carbons (Fsp3) is 0.500. The lowest BCUT2D eigenvalue weighted by molar-refractivity contribution is -0.142. The van der Waals surface area contributed by atoms with Crippen molar-refractivity contribution in [2.45, 2.75) is 71.4 Å². The van der Waals surface area contributed by atoms with Crippen LogP contribution in [0.3, 0.4) is 0 Å². The van der Waals surface area contributed by atoms with Gasteiger partial charge in [-0.1, -0.05) is 32.9 Å². The van der Waals surface area contributed by atoms with Crippen LogP contribution in [0.25, 0.3) is 0 Å². The molecule has 5 nitrogen and oxygen atoms in total. The third kappa shape index (κ3) is 7.67. The number of urea groups is 1. The number of anilines is 1. The Kier molecular flexibility index (Phi) is 8.92. The number of nitrogens with zero attached hydrogens (tertiary/aromatic N) is 1. The minimum atomic E-state index is -5.16. The van der Waals surface area contributed by atoms with Crippen LogP contribution in [0.2, 0.25) is 0 Å². The van der Waals surface area contributed by atoms with E-state index in [-0.39, 0.29) is 29.6 Å². The minimum absolute atomic E-state index is 0.0184. The van der Waals surface area contributed by atoms with Crippen molar-refractivity contribution in [3.63, 3.8) is 0 Å². The van der Waals surface area contributed by atoms with Crippen LogP contribution in [0.4, 0.5) is 36.8 Å². The standard InChI is InChI=1S/C28H32F6N2O3/c1-26(2,3)19-9-12-21(13-10-19)35-25(38)36(16-17-5-7-18(8-6-17)24(37)39-4)23-14-11-20(27(29,30)31)15-22(23)28(32,33)34/h5-8,11,14-15,19,21H,9-10,12-13,16H2,1-4H3,(H,35,38). The molecule has 0 spiro atoms. The minimum Gasteiger partial charge on any atom is -0.465 e. The summed E-state index contributed by atoms with van der Waals surface area (Å²) in [7, 11) is 1.19. The van der Waals surface area contributed by atoms with Gasteiger partial charge in [-0.25, -0.2) is 9.59 Å². The van der Waals surface area contributed by atoms with Crippen molar-refractivity contribution >= 4 is 17.7 Å².